The summed E-state index contributed by atoms with van der Waals surface area (Å²) in [6, 6.07) is 9.17. The molecule has 1 fully saturated rings. The van der Waals surface area contributed by atoms with Crippen LogP contribution in [0, 0.1) is 11.3 Å². The maximum Gasteiger partial charge on any atom is 0.133 e. The minimum absolute atomic E-state index is 0.497. The van der Waals surface area contributed by atoms with E-state index in [0.717, 1.165) is 24.2 Å². The highest BCUT2D eigenvalue weighted by molar-refractivity contribution is 5.47. The summed E-state index contributed by atoms with van der Waals surface area (Å²) in [7, 11) is 1.68. The van der Waals surface area contributed by atoms with Crippen molar-refractivity contribution in [3.05, 3.63) is 29.3 Å². The number of aryl methyl sites for hydroxylation is 1. The highest BCUT2D eigenvalue weighted by atomic mass is 16.5. The molecular formula is C16H20N2O. The van der Waals surface area contributed by atoms with Crippen LogP contribution >= 0.6 is 0 Å². The van der Waals surface area contributed by atoms with E-state index >= 15 is 0 Å². The molecule has 0 bridgehead atoms. The second-order valence-corrected chi connectivity index (χ2v) is 5.67. The summed E-state index contributed by atoms with van der Waals surface area (Å²) in [6.07, 6.45) is 6.81. The largest absolute Gasteiger partial charge is 0.497 e. The van der Waals surface area contributed by atoms with E-state index in [0.29, 0.717) is 6.04 Å². The third-order valence-electron chi connectivity index (χ3n) is 4.54. The minimum atomic E-state index is -0.501. The lowest BCUT2D eigenvalue weighted by Crippen LogP contribution is -2.44. The van der Waals surface area contributed by atoms with E-state index in [-0.39, 0.29) is 0 Å². The molecule has 0 aromatic heterocycles. The third kappa shape index (κ3) is 2.11. The monoisotopic (exact) mass is 256 g/mol. The Morgan fingerprint density at radius 3 is 2.84 bits per heavy atom. The quantitative estimate of drug-likeness (QED) is 0.904. The molecule has 1 N–H and O–H groups in total. The summed E-state index contributed by atoms with van der Waals surface area (Å²) in [5, 5.41) is 13.4. The lowest BCUT2D eigenvalue weighted by molar-refractivity contribution is 0.358. The van der Waals surface area contributed by atoms with Crippen molar-refractivity contribution in [3.63, 3.8) is 0 Å². The van der Waals surface area contributed by atoms with Crippen molar-refractivity contribution in [2.45, 2.75) is 50.1 Å². The minimum Gasteiger partial charge on any atom is -0.497 e. The number of benzene rings is 1. The summed E-state index contributed by atoms with van der Waals surface area (Å²) in [6.45, 7) is 0. The highest BCUT2D eigenvalue weighted by Gasteiger charge is 2.41. The van der Waals surface area contributed by atoms with Crippen LogP contribution in [-0.4, -0.2) is 13.2 Å². The molecule has 3 heteroatoms. The van der Waals surface area contributed by atoms with Crippen LogP contribution in [0.2, 0.25) is 0 Å². The van der Waals surface area contributed by atoms with Gasteiger partial charge >= 0.3 is 0 Å². The van der Waals surface area contributed by atoms with Crippen LogP contribution in [0.1, 0.15) is 43.2 Å². The smallest absolute Gasteiger partial charge is 0.133 e. The van der Waals surface area contributed by atoms with Crippen molar-refractivity contribution in [1.29, 1.82) is 5.26 Å². The molecule has 0 amide bonds. The first-order valence-electron chi connectivity index (χ1n) is 7.14. The van der Waals surface area contributed by atoms with Gasteiger partial charge in [-0.05, 0) is 48.9 Å². The van der Waals surface area contributed by atoms with Crippen LogP contribution in [0.15, 0.2) is 18.2 Å². The normalized spacial score (nSPS) is 26.1. The van der Waals surface area contributed by atoms with Crippen molar-refractivity contribution in [3.8, 4) is 11.8 Å². The fourth-order valence-electron chi connectivity index (χ4n) is 3.47. The summed E-state index contributed by atoms with van der Waals surface area (Å²) in [4.78, 5) is 0. The Labute approximate surface area is 114 Å². The van der Waals surface area contributed by atoms with Crippen molar-refractivity contribution < 1.29 is 4.74 Å². The predicted octanol–water partition coefficient (Wildman–Crippen LogP) is 2.89. The molecule has 2 aliphatic carbocycles. The van der Waals surface area contributed by atoms with Crippen LogP contribution in [0.3, 0.4) is 0 Å². The van der Waals surface area contributed by atoms with E-state index in [2.05, 4.69) is 17.5 Å². The molecule has 3 nitrogen and oxygen atoms in total. The van der Waals surface area contributed by atoms with Gasteiger partial charge in [-0.2, -0.15) is 5.26 Å². The SMILES string of the molecule is COc1ccc2c(c1)C(C#N)(NC1CCCC1)CC2. The van der Waals surface area contributed by atoms with Gasteiger partial charge in [0.15, 0.2) is 0 Å². The number of nitriles is 1. The first-order chi connectivity index (χ1) is 9.27. The van der Waals surface area contributed by atoms with Gasteiger partial charge in [0.1, 0.15) is 11.3 Å². The van der Waals surface area contributed by atoms with Crippen LogP contribution in [-0.2, 0) is 12.0 Å². The second kappa shape index (κ2) is 4.86. The van der Waals surface area contributed by atoms with E-state index in [1.807, 2.05) is 12.1 Å². The molecule has 3 rings (SSSR count). The van der Waals surface area contributed by atoms with Gasteiger partial charge in [-0.15, -0.1) is 0 Å². The van der Waals surface area contributed by atoms with Gasteiger partial charge in [-0.3, -0.25) is 5.32 Å². The molecule has 1 saturated carbocycles. The Hall–Kier alpha value is -1.53. The molecule has 1 atom stereocenters. The highest BCUT2D eigenvalue weighted by Crippen LogP contribution is 2.39. The van der Waals surface area contributed by atoms with Gasteiger partial charge in [-0.25, -0.2) is 0 Å². The Balaban J connectivity index is 1.94. The van der Waals surface area contributed by atoms with Crippen LogP contribution in [0.25, 0.3) is 0 Å². The lowest BCUT2D eigenvalue weighted by Gasteiger charge is -2.28. The number of hydrogen-bond acceptors (Lipinski definition) is 3. The molecule has 1 aromatic carbocycles. The van der Waals surface area contributed by atoms with Crippen molar-refractivity contribution in [1.82, 2.24) is 5.32 Å². The van der Waals surface area contributed by atoms with E-state index < -0.39 is 5.54 Å². The van der Waals surface area contributed by atoms with Gasteiger partial charge in [0.25, 0.3) is 0 Å². The predicted molar refractivity (Wildman–Crippen MR) is 74.0 cm³/mol. The molecule has 2 aliphatic rings. The van der Waals surface area contributed by atoms with Gasteiger partial charge in [0.05, 0.1) is 13.2 Å². The van der Waals surface area contributed by atoms with Crippen molar-refractivity contribution >= 4 is 0 Å². The number of nitrogens with zero attached hydrogens (tertiary/aromatic N) is 1. The molecule has 19 heavy (non-hydrogen) atoms. The molecule has 1 unspecified atom stereocenters. The van der Waals surface area contributed by atoms with Crippen molar-refractivity contribution in [2.24, 2.45) is 0 Å². The average Bonchev–Trinajstić information content (AvgIpc) is 3.07. The summed E-state index contributed by atoms with van der Waals surface area (Å²) in [5.41, 5.74) is 1.91. The number of methoxy groups -OCH3 is 1. The third-order valence-corrected chi connectivity index (χ3v) is 4.54. The maximum absolute atomic E-state index is 9.73. The second-order valence-electron chi connectivity index (χ2n) is 5.67. The van der Waals surface area contributed by atoms with E-state index in [4.69, 9.17) is 4.74 Å². The van der Waals surface area contributed by atoms with E-state index in [9.17, 15) is 5.26 Å². The fourth-order valence-corrected chi connectivity index (χ4v) is 3.47. The number of ether oxygens (including phenoxy) is 1. The Morgan fingerprint density at radius 1 is 1.37 bits per heavy atom. The number of hydrogen-bond donors (Lipinski definition) is 1. The molecular weight excluding hydrogens is 236 g/mol. The van der Waals surface area contributed by atoms with E-state index in [1.165, 1.54) is 31.2 Å². The zero-order valence-electron chi connectivity index (χ0n) is 11.4. The fraction of sp³-hybridized carbons (Fsp3) is 0.562. The molecule has 0 spiro atoms. The van der Waals surface area contributed by atoms with Gasteiger partial charge in [0.2, 0.25) is 0 Å². The molecule has 100 valence electrons. The summed E-state index contributed by atoms with van der Waals surface area (Å²) < 4.78 is 5.31. The zero-order valence-corrected chi connectivity index (χ0v) is 11.4. The summed E-state index contributed by atoms with van der Waals surface area (Å²) >= 11 is 0. The van der Waals surface area contributed by atoms with Gasteiger partial charge in [-0.1, -0.05) is 18.9 Å². The Kier molecular flexibility index (Phi) is 3.20. The molecule has 0 radical (unpaired) electrons. The number of nitrogens with one attached hydrogen (secondary N) is 1. The van der Waals surface area contributed by atoms with Crippen LogP contribution < -0.4 is 10.1 Å². The first kappa shape index (κ1) is 12.5. The molecule has 0 heterocycles. The van der Waals surface area contributed by atoms with E-state index in [1.54, 1.807) is 7.11 Å². The Bertz CT molecular complexity index is 514. The molecule has 0 aliphatic heterocycles. The zero-order chi connectivity index (χ0) is 13.3. The molecule has 1 aromatic rings. The topological polar surface area (TPSA) is 45.0 Å². The van der Waals surface area contributed by atoms with Crippen LogP contribution in [0.5, 0.6) is 5.75 Å². The van der Waals surface area contributed by atoms with Gasteiger partial charge < -0.3 is 4.74 Å². The first-order valence-corrected chi connectivity index (χ1v) is 7.14. The van der Waals surface area contributed by atoms with Gasteiger partial charge in [0, 0.05) is 6.04 Å². The summed E-state index contributed by atoms with van der Waals surface area (Å²) in [5.74, 6) is 0.841. The maximum atomic E-state index is 9.73. The average molecular weight is 256 g/mol. The standard InChI is InChI=1S/C16H20N2O/c1-19-14-7-6-12-8-9-16(11-17,15(12)10-14)18-13-4-2-3-5-13/h6-7,10,13,18H,2-5,8-9H2,1H3. The number of fused-ring (bicyclic) bond motifs is 1. The number of rotatable bonds is 3. The lowest BCUT2D eigenvalue weighted by atomic mass is 9.92. The van der Waals surface area contributed by atoms with Crippen molar-refractivity contribution in [2.75, 3.05) is 7.11 Å². The Morgan fingerprint density at radius 2 is 2.16 bits per heavy atom. The van der Waals surface area contributed by atoms with Crippen LogP contribution in [0.4, 0.5) is 0 Å². The molecule has 0 saturated heterocycles.